The first kappa shape index (κ1) is 20.7. The van der Waals surface area contributed by atoms with Gasteiger partial charge in [-0.1, -0.05) is 54.1 Å². The van der Waals surface area contributed by atoms with Gasteiger partial charge in [-0.25, -0.2) is 12.8 Å². The summed E-state index contributed by atoms with van der Waals surface area (Å²) in [5, 5.41) is 0. The Morgan fingerprint density at radius 1 is 0.906 bits per heavy atom. The van der Waals surface area contributed by atoms with Crippen molar-refractivity contribution in [2.24, 2.45) is 0 Å². The molecule has 0 radical (unpaired) electrons. The molecule has 5 rings (SSSR count). The van der Waals surface area contributed by atoms with Crippen LogP contribution in [0.3, 0.4) is 0 Å². The quantitative estimate of drug-likeness (QED) is 0.415. The van der Waals surface area contributed by atoms with Gasteiger partial charge in [0.2, 0.25) is 10.0 Å². The molecule has 3 aromatic carbocycles. The highest BCUT2D eigenvalue weighted by Gasteiger charge is 2.38. The molecule has 0 bridgehead atoms. The lowest BCUT2D eigenvalue weighted by Crippen LogP contribution is -2.35. The van der Waals surface area contributed by atoms with Crippen LogP contribution in [0.1, 0.15) is 34.0 Å². The number of aromatic nitrogens is 1. The topological polar surface area (TPSA) is 42.3 Å². The number of aryl methyl sites for hydroxylation is 2. The molecule has 1 aliphatic heterocycles. The molecule has 2 heterocycles. The van der Waals surface area contributed by atoms with Crippen molar-refractivity contribution in [1.82, 2.24) is 8.87 Å². The number of nitrogens with zero attached hydrogens (tertiary/aromatic N) is 2. The van der Waals surface area contributed by atoms with Crippen LogP contribution in [-0.2, 0) is 16.6 Å². The molecule has 1 aromatic heterocycles. The van der Waals surface area contributed by atoms with E-state index >= 15 is 0 Å². The highest BCUT2D eigenvalue weighted by molar-refractivity contribution is 7.89. The van der Waals surface area contributed by atoms with Crippen LogP contribution in [0.2, 0.25) is 0 Å². The summed E-state index contributed by atoms with van der Waals surface area (Å²) >= 11 is 0. The number of rotatable bonds is 3. The van der Waals surface area contributed by atoms with Gasteiger partial charge >= 0.3 is 0 Å². The van der Waals surface area contributed by atoms with Crippen LogP contribution in [0.25, 0.3) is 5.69 Å². The molecule has 6 heteroatoms. The van der Waals surface area contributed by atoms with Crippen molar-refractivity contribution in [2.75, 3.05) is 0 Å². The summed E-state index contributed by atoms with van der Waals surface area (Å²) in [6, 6.07) is 22.9. The summed E-state index contributed by atoms with van der Waals surface area (Å²) in [5.41, 5.74) is 5.14. The van der Waals surface area contributed by atoms with Crippen LogP contribution >= 0.6 is 0 Å². The van der Waals surface area contributed by atoms with E-state index in [0.717, 1.165) is 34.1 Å². The van der Waals surface area contributed by atoms with Gasteiger partial charge in [-0.05, 0) is 60.9 Å². The van der Waals surface area contributed by atoms with E-state index < -0.39 is 21.9 Å². The second-order valence-electron chi connectivity index (χ2n) is 8.21. The molecular formula is C26H23FN2O2S. The molecule has 4 nitrogen and oxygen atoms in total. The molecule has 1 unspecified atom stereocenters. The minimum Gasteiger partial charge on any atom is -0.319 e. The monoisotopic (exact) mass is 446 g/mol. The van der Waals surface area contributed by atoms with Gasteiger partial charge in [0.25, 0.3) is 0 Å². The van der Waals surface area contributed by atoms with Crippen LogP contribution in [0.5, 0.6) is 0 Å². The Kier molecular flexibility index (Phi) is 4.99. The van der Waals surface area contributed by atoms with Gasteiger partial charge < -0.3 is 4.57 Å². The summed E-state index contributed by atoms with van der Waals surface area (Å²) < 4.78 is 45.8. The Bertz CT molecular complexity index is 1410. The Labute approximate surface area is 187 Å². The second kappa shape index (κ2) is 7.73. The van der Waals surface area contributed by atoms with Crippen LogP contribution in [0.4, 0.5) is 4.39 Å². The van der Waals surface area contributed by atoms with Crippen molar-refractivity contribution in [3.63, 3.8) is 0 Å². The highest BCUT2D eigenvalue weighted by atomic mass is 32.2. The van der Waals surface area contributed by atoms with Crippen molar-refractivity contribution >= 4 is 10.0 Å². The van der Waals surface area contributed by atoms with E-state index in [-0.39, 0.29) is 11.4 Å². The van der Waals surface area contributed by atoms with E-state index in [1.165, 1.54) is 16.4 Å². The number of hydrogen-bond acceptors (Lipinski definition) is 2. The third kappa shape index (κ3) is 3.36. The standard InChI is InChI=1S/C26H23FN2O2S/c1-18-9-12-20(13-10-18)26-24-8-5-15-28(24)23-7-4-3-6-21(23)17-29(26)32(30,31)25-16-22(27)14-11-19(25)2/h3-16,26H,17H2,1-2H3. The van der Waals surface area contributed by atoms with Crippen molar-refractivity contribution in [3.8, 4) is 5.69 Å². The number of para-hydroxylation sites is 1. The predicted molar refractivity (Wildman–Crippen MR) is 123 cm³/mol. The van der Waals surface area contributed by atoms with Crippen LogP contribution in [-0.4, -0.2) is 17.3 Å². The first-order chi connectivity index (χ1) is 15.4. The third-order valence-electron chi connectivity index (χ3n) is 6.06. The number of halogens is 1. The largest absolute Gasteiger partial charge is 0.319 e. The Morgan fingerprint density at radius 3 is 2.44 bits per heavy atom. The molecule has 0 saturated heterocycles. The SMILES string of the molecule is Cc1ccc(C2c3cccn3-c3ccccc3CN2S(=O)(=O)c2cc(F)ccc2C)cc1. The molecule has 1 atom stereocenters. The van der Waals surface area contributed by atoms with Crippen molar-refractivity contribution in [2.45, 2.75) is 31.3 Å². The fraction of sp³-hybridized carbons (Fsp3) is 0.154. The van der Waals surface area contributed by atoms with Gasteiger partial charge in [-0.3, -0.25) is 0 Å². The molecule has 0 aliphatic carbocycles. The predicted octanol–water partition coefficient (Wildman–Crippen LogP) is 5.53. The molecule has 1 aliphatic rings. The maximum absolute atomic E-state index is 14.1. The molecule has 0 N–H and O–H groups in total. The van der Waals surface area contributed by atoms with Gasteiger partial charge in [0, 0.05) is 24.1 Å². The normalized spacial score (nSPS) is 16.3. The third-order valence-corrected chi connectivity index (χ3v) is 8.01. The zero-order valence-corrected chi connectivity index (χ0v) is 18.7. The second-order valence-corrected chi connectivity index (χ2v) is 10.1. The van der Waals surface area contributed by atoms with E-state index in [1.54, 1.807) is 6.92 Å². The van der Waals surface area contributed by atoms with Gasteiger partial charge in [0.05, 0.1) is 10.9 Å². The first-order valence-corrected chi connectivity index (χ1v) is 11.9. The lowest BCUT2D eigenvalue weighted by molar-refractivity contribution is 0.353. The molecule has 162 valence electrons. The van der Waals surface area contributed by atoms with Gasteiger partial charge in [-0.2, -0.15) is 4.31 Å². The Hall–Kier alpha value is -3.22. The van der Waals surface area contributed by atoms with E-state index in [1.807, 2.05) is 78.4 Å². The summed E-state index contributed by atoms with van der Waals surface area (Å²) in [4.78, 5) is -0.00732. The minimum atomic E-state index is -4.03. The van der Waals surface area contributed by atoms with Gasteiger partial charge in [0.15, 0.2) is 0 Å². The minimum absolute atomic E-state index is 0.00732. The molecule has 0 saturated carbocycles. The number of sulfonamides is 1. The molecule has 0 spiro atoms. The lowest BCUT2D eigenvalue weighted by atomic mass is 10.0. The molecule has 0 amide bonds. The molecular weight excluding hydrogens is 423 g/mol. The first-order valence-electron chi connectivity index (χ1n) is 10.5. The number of benzene rings is 3. The van der Waals surface area contributed by atoms with E-state index in [9.17, 15) is 12.8 Å². The fourth-order valence-electron chi connectivity index (χ4n) is 4.41. The number of hydrogen-bond donors (Lipinski definition) is 0. The Morgan fingerprint density at radius 2 is 1.66 bits per heavy atom. The van der Waals surface area contributed by atoms with Crippen molar-refractivity contribution in [1.29, 1.82) is 0 Å². The molecule has 0 fully saturated rings. The molecule has 4 aromatic rings. The van der Waals surface area contributed by atoms with Crippen molar-refractivity contribution < 1.29 is 12.8 Å². The average Bonchev–Trinajstić information content (AvgIpc) is 3.20. The average molecular weight is 447 g/mol. The maximum Gasteiger partial charge on any atom is 0.244 e. The fourth-order valence-corrected chi connectivity index (χ4v) is 6.22. The molecule has 32 heavy (non-hydrogen) atoms. The zero-order valence-electron chi connectivity index (χ0n) is 17.9. The lowest BCUT2D eigenvalue weighted by Gasteiger charge is -2.30. The summed E-state index contributed by atoms with van der Waals surface area (Å²) in [6.45, 7) is 3.87. The highest BCUT2D eigenvalue weighted by Crippen LogP contribution is 2.40. The van der Waals surface area contributed by atoms with E-state index in [2.05, 4.69) is 0 Å². The summed E-state index contributed by atoms with van der Waals surface area (Å²) in [7, 11) is -4.03. The Balaban J connectivity index is 1.79. The summed E-state index contributed by atoms with van der Waals surface area (Å²) in [5.74, 6) is -0.570. The van der Waals surface area contributed by atoms with E-state index in [0.29, 0.717) is 5.56 Å². The van der Waals surface area contributed by atoms with Crippen LogP contribution in [0, 0.1) is 19.7 Å². The van der Waals surface area contributed by atoms with Gasteiger partial charge in [0.1, 0.15) is 5.82 Å². The summed E-state index contributed by atoms with van der Waals surface area (Å²) in [6.07, 6.45) is 1.96. The van der Waals surface area contributed by atoms with E-state index in [4.69, 9.17) is 0 Å². The maximum atomic E-state index is 14.1. The van der Waals surface area contributed by atoms with Crippen LogP contribution < -0.4 is 0 Å². The smallest absolute Gasteiger partial charge is 0.244 e. The van der Waals surface area contributed by atoms with Crippen molar-refractivity contribution in [3.05, 3.63) is 119 Å². The van der Waals surface area contributed by atoms with Crippen LogP contribution in [0.15, 0.2) is 90.0 Å². The zero-order chi connectivity index (χ0) is 22.5. The number of fused-ring (bicyclic) bond motifs is 3. The van der Waals surface area contributed by atoms with Gasteiger partial charge in [-0.15, -0.1) is 0 Å².